The third-order valence-electron chi connectivity index (χ3n) is 3.28. The van der Waals surface area contributed by atoms with Crippen molar-refractivity contribution in [2.24, 2.45) is 0 Å². The lowest BCUT2D eigenvalue weighted by Crippen LogP contribution is -2.24. The third kappa shape index (κ3) is 2.24. The molecule has 2 aromatic rings. The quantitative estimate of drug-likeness (QED) is 0.651. The van der Waals surface area contributed by atoms with Crippen LogP contribution in [0.1, 0.15) is 30.4 Å². The molecule has 0 saturated heterocycles. The number of fused-ring (bicyclic) bond motifs is 1. The zero-order chi connectivity index (χ0) is 16.0. The number of benzene rings is 1. The lowest BCUT2D eigenvalue weighted by atomic mass is 10.1. The fourth-order valence-corrected chi connectivity index (χ4v) is 3.15. The van der Waals surface area contributed by atoms with E-state index < -0.39 is 11.8 Å². The van der Waals surface area contributed by atoms with Gasteiger partial charge in [-0.15, -0.1) is 11.3 Å². The second kappa shape index (κ2) is 5.11. The fraction of sp³-hybridized carbons (Fsp3) is 0.0714. The summed E-state index contributed by atoms with van der Waals surface area (Å²) in [7, 11) is 1.38. The molecule has 1 aliphatic heterocycles. The van der Waals surface area contributed by atoms with Gasteiger partial charge in [0.25, 0.3) is 17.7 Å². The van der Waals surface area contributed by atoms with E-state index in [0.29, 0.717) is 14.9 Å². The Hall–Kier alpha value is -2.38. The van der Waals surface area contributed by atoms with Crippen molar-refractivity contribution in [2.75, 3.05) is 18.1 Å². The molecule has 3 rings (SSSR count). The number of nitrogens with zero attached hydrogens (tertiary/aromatic N) is 1. The van der Waals surface area contributed by atoms with E-state index in [1.807, 2.05) is 0 Å². The Morgan fingerprint density at radius 3 is 2.64 bits per heavy atom. The van der Waals surface area contributed by atoms with Gasteiger partial charge in [0.2, 0.25) is 0 Å². The molecule has 1 aromatic carbocycles. The Bertz CT molecular complexity index is 831. The standard InChI is InChI=1S/C14H10ClN3O3S/c1-18-13(20)7-4-6(5-8(16)11(7)14(18)21)17-12(19)9-2-3-10(15)22-9/h2-5H,16H2,1H3,(H,17,19). The number of halogens is 1. The maximum Gasteiger partial charge on any atom is 0.265 e. The van der Waals surface area contributed by atoms with Crippen molar-refractivity contribution in [3.05, 3.63) is 44.6 Å². The first kappa shape index (κ1) is 14.6. The minimum absolute atomic E-state index is 0.153. The first-order chi connectivity index (χ1) is 10.4. The van der Waals surface area contributed by atoms with Crippen molar-refractivity contribution in [1.82, 2.24) is 4.90 Å². The summed E-state index contributed by atoms with van der Waals surface area (Å²) in [5.74, 6) is -1.25. The molecule has 0 radical (unpaired) electrons. The predicted molar refractivity (Wildman–Crippen MR) is 84.6 cm³/mol. The number of imide groups is 1. The SMILES string of the molecule is CN1C(=O)c2cc(NC(=O)c3ccc(Cl)s3)cc(N)c2C1=O. The molecule has 0 spiro atoms. The molecule has 0 aliphatic carbocycles. The van der Waals surface area contributed by atoms with Crippen molar-refractivity contribution in [2.45, 2.75) is 0 Å². The van der Waals surface area contributed by atoms with E-state index >= 15 is 0 Å². The molecule has 22 heavy (non-hydrogen) atoms. The first-order valence-electron chi connectivity index (χ1n) is 6.21. The van der Waals surface area contributed by atoms with Gasteiger partial charge in [-0.3, -0.25) is 19.3 Å². The smallest absolute Gasteiger partial charge is 0.265 e. The van der Waals surface area contributed by atoms with Crippen LogP contribution in [-0.2, 0) is 0 Å². The van der Waals surface area contributed by atoms with E-state index in [2.05, 4.69) is 5.32 Å². The minimum atomic E-state index is -0.444. The summed E-state index contributed by atoms with van der Waals surface area (Å²) in [6.07, 6.45) is 0. The van der Waals surface area contributed by atoms with Crippen LogP contribution in [0.15, 0.2) is 24.3 Å². The van der Waals surface area contributed by atoms with Crippen LogP contribution in [0.5, 0.6) is 0 Å². The number of thiophene rings is 1. The van der Waals surface area contributed by atoms with E-state index in [0.717, 1.165) is 16.2 Å². The topological polar surface area (TPSA) is 92.5 Å². The van der Waals surface area contributed by atoms with Gasteiger partial charge < -0.3 is 11.1 Å². The van der Waals surface area contributed by atoms with Gasteiger partial charge in [-0.2, -0.15) is 0 Å². The molecule has 112 valence electrons. The number of carbonyl (C=O) groups is 3. The maximum atomic E-state index is 12.1. The van der Waals surface area contributed by atoms with Gasteiger partial charge in [-0.25, -0.2) is 0 Å². The van der Waals surface area contributed by atoms with Crippen molar-refractivity contribution in [1.29, 1.82) is 0 Å². The molecule has 0 unspecified atom stereocenters. The summed E-state index contributed by atoms with van der Waals surface area (Å²) in [6, 6.07) is 6.12. The van der Waals surface area contributed by atoms with E-state index in [1.165, 1.54) is 19.2 Å². The molecule has 3 amide bonds. The largest absolute Gasteiger partial charge is 0.398 e. The van der Waals surface area contributed by atoms with Gasteiger partial charge in [-0.05, 0) is 24.3 Å². The number of hydrogen-bond donors (Lipinski definition) is 2. The second-order valence-corrected chi connectivity index (χ2v) is 6.43. The van der Waals surface area contributed by atoms with Gasteiger partial charge in [0.05, 0.1) is 20.3 Å². The number of hydrogen-bond acceptors (Lipinski definition) is 5. The Morgan fingerprint density at radius 2 is 2.00 bits per heavy atom. The number of rotatable bonds is 2. The fourth-order valence-electron chi connectivity index (χ4n) is 2.21. The van der Waals surface area contributed by atoms with Crippen LogP contribution in [0.2, 0.25) is 4.34 Å². The molecule has 3 N–H and O–H groups in total. The molecule has 1 aliphatic rings. The number of anilines is 2. The Balaban J connectivity index is 1.94. The summed E-state index contributed by atoms with van der Waals surface area (Å²) < 4.78 is 0.501. The van der Waals surface area contributed by atoms with E-state index in [1.54, 1.807) is 12.1 Å². The van der Waals surface area contributed by atoms with Gasteiger partial charge in [0.1, 0.15) is 0 Å². The normalized spacial score (nSPS) is 13.5. The van der Waals surface area contributed by atoms with Crippen LogP contribution >= 0.6 is 22.9 Å². The average molecular weight is 336 g/mol. The monoisotopic (exact) mass is 335 g/mol. The third-order valence-corrected chi connectivity index (χ3v) is 4.51. The lowest BCUT2D eigenvalue weighted by molar-refractivity contribution is 0.0693. The maximum absolute atomic E-state index is 12.1. The van der Waals surface area contributed by atoms with Crippen LogP contribution in [0.4, 0.5) is 11.4 Å². The number of carbonyl (C=O) groups excluding carboxylic acids is 3. The Morgan fingerprint density at radius 1 is 1.27 bits per heavy atom. The van der Waals surface area contributed by atoms with Crippen LogP contribution in [0.25, 0.3) is 0 Å². The van der Waals surface area contributed by atoms with E-state index in [4.69, 9.17) is 17.3 Å². The van der Waals surface area contributed by atoms with Gasteiger partial charge >= 0.3 is 0 Å². The highest BCUT2D eigenvalue weighted by Crippen LogP contribution is 2.31. The molecule has 0 fully saturated rings. The summed E-state index contributed by atoms with van der Waals surface area (Å²) in [4.78, 5) is 37.4. The minimum Gasteiger partial charge on any atom is -0.398 e. The van der Waals surface area contributed by atoms with Crippen molar-refractivity contribution < 1.29 is 14.4 Å². The lowest BCUT2D eigenvalue weighted by Gasteiger charge is -2.07. The van der Waals surface area contributed by atoms with E-state index in [9.17, 15) is 14.4 Å². The highest BCUT2D eigenvalue weighted by Gasteiger charge is 2.35. The van der Waals surface area contributed by atoms with Crippen LogP contribution in [0.3, 0.4) is 0 Å². The summed E-state index contributed by atoms with van der Waals surface area (Å²) in [6.45, 7) is 0. The second-order valence-electron chi connectivity index (χ2n) is 4.72. The Kier molecular flexibility index (Phi) is 3.38. The molecular formula is C14H10ClN3O3S. The molecule has 2 heterocycles. The zero-order valence-electron chi connectivity index (χ0n) is 11.3. The molecule has 0 bridgehead atoms. The van der Waals surface area contributed by atoms with Crippen LogP contribution < -0.4 is 11.1 Å². The summed E-state index contributed by atoms with van der Waals surface area (Å²) >= 11 is 6.93. The number of amides is 3. The van der Waals surface area contributed by atoms with Gasteiger partial charge in [0.15, 0.2) is 0 Å². The van der Waals surface area contributed by atoms with Crippen molar-refractivity contribution >= 4 is 52.0 Å². The Labute approximate surface area is 134 Å². The van der Waals surface area contributed by atoms with Crippen molar-refractivity contribution in [3.63, 3.8) is 0 Å². The summed E-state index contributed by atoms with van der Waals surface area (Å²) in [5.41, 5.74) is 6.70. The molecule has 0 saturated carbocycles. The first-order valence-corrected chi connectivity index (χ1v) is 7.40. The van der Waals surface area contributed by atoms with Crippen LogP contribution in [-0.4, -0.2) is 29.7 Å². The zero-order valence-corrected chi connectivity index (χ0v) is 12.9. The van der Waals surface area contributed by atoms with E-state index in [-0.39, 0.29) is 22.7 Å². The van der Waals surface area contributed by atoms with Gasteiger partial charge in [-0.1, -0.05) is 11.6 Å². The molecule has 6 nitrogen and oxygen atoms in total. The van der Waals surface area contributed by atoms with Crippen LogP contribution in [0, 0.1) is 0 Å². The van der Waals surface area contributed by atoms with Gasteiger partial charge in [0, 0.05) is 18.4 Å². The average Bonchev–Trinajstić information content (AvgIpc) is 2.98. The molecule has 8 heteroatoms. The highest BCUT2D eigenvalue weighted by atomic mass is 35.5. The molecule has 1 aromatic heterocycles. The number of nitrogens with one attached hydrogen (secondary N) is 1. The molecular weight excluding hydrogens is 326 g/mol. The highest BCUT2D eigenvalue weighted by molar-refractivity contribution is 7.18. The predicted octanol–water partition coefficient (Wildman–Crippen LogP) is 2.46. The number of nitrogens with two attached hydrogens (primary N) is 1. The molecule has 0 atom stereocenters. The number of nitrogen functional groups attached to an aromatic ring is 1. The van der Waals surface area contributed by atoms with Crippen molar-refractivity contribution in [3.8, 4) is 0 Å². The summed E-state index contributed by atoms with van der Waals surface area (Å²) in [5, 5.41) is 2.64.